The summed E-state index contributed by atoms with van der Waals surface area (Å²) in [6.45, 7) is 1.87. The number of carbonyl (C=O) groups excluding carboxylic acids is 2. The fourth-order valence-corrected chi connectivity index (χ4v) is 3.29. The van der Waals surface area contributed by atoms with Crippen LogP contribution in [0.4, 0.5) is 4.79 Å². The van der Waals surface area contributed by atoms with Crippen LogP contribution in [0, 0.1) is 0 Å². The van der Waals surface area contributed by atoms with Gasteiger partial charge in [-0.2, -0.15) is 0 Å². The van der Waals surface area contributed by atoms with Crippen molar-refractivity contribution in [3.8, 4) is 0 Å². The van der Waals surface area contributed by atoms with Gasteiger partial charge in [0.05, 0.1) is 17.6 Å². The Morgan fingerprint density at radius 2 is 1.72 bits per heavy atom. The first kappa shape index (κ1) is 15.4. The summed E-state index contributed by atoms with van der Waals surface area (Å²) in [5.41, 5.74) is 1.53. The minimum Gasteiger partial charge on any atom is -0.330 e. The van der Waals surface area contributed by atoms with Crippen molar-refractivity contribution in [3.63, 3.8) is 0 Å². The van der Waals surface area contributed by atoms with E-state index < -0.39 is 11.6 Å². The van der Waals surface area contributed by atoms with Crippen molar-refractivity contribution in [1.82, 2.24) is 19.8 Å². The molecule has 1 aromatic heterocycles. The molecule has 126 valence electrons. The number of imide groups is 1. The smallest absolute Gasteiger partial charge is 0.325 e. The second kappa shape index (κ2) is 5.44. The highest BCUT2D eigenvalue weighted by Gasteiger charge is 2.49. The lowest BCUT2D eigenvalue weighted by atomic mass is 9.92. The average molecular weight is 334 g/mol. The summed E-state index contributed by atoms with van der Waals surface area (Å²) in [5, 5.41) is 2.82. The van der Waals surface area contributed by atoms with Crippen molar-refractivity contribution in [2.24, 2.45) is 7.05 Å². The third-order valence-electron chi connectivity index (χ3n) is 4.81. The van der Waals surface area contributed by atoms with Crippen LogP contribution in [0.25, 0.3) is 11.0 Å². The van der Waals surface area contributed by atoms with Crippen LogP contribution in [0.5, 0.6) is 0 Å². The first-order valence-electron chi connectivity index (χ1n) is 8.10. The minimum atomic E-state index is -1.05. The molecule has 4 rings (SSSR count). The zero-order valence-corrected chi connectivity index (χ0v) is 14.1. The lowest BCUT2D eigenvalue weighted by Gasteiger charge is -2.22. The van der Waals surface area contributed by atoms with E-state index in [0.29, 0.717) is 5.82 Å². The number of carbonyl (C=O) groups is 2. The first-order valence-corrected chi connectivity index (χ1v) is 8.10. The van der Waals surface area contributed by atoms with Gasteiger partial charge in [-0.05, 0) is 24.6 Å². The average Bonchev–Trinajstić information content (AvgIpc) is 3.06. The maximum Gasteiger partial charge on any atom is 0.325 e. The van der Waals surface area contributed by atoms with Crippen LogP contribution in [0.1, 0.15) is 18.3 Å². The van der Waals surface area contributed by atoms with Gasteiger partial charge < -0.3 is 9.88 Å². The molecule has 1 aliphatic rings. The third-order valence-corrected chi connectivity index (χ3v) is 4.81. The zero-order valence-electron chi connectivity index (χ0n) is 14.1. The molecule has 6 heteroatoms. The van der Waals surface area contributed by atoms with Gasteiger partial charge in [0.1, 0.15) is 11.4 Å². The van der Waals surface area contributed by atoms with E-state index in [0.717, 1.165) is 16.6 Å². The number of nitrogens with zero attached hydrogens (tertiary/aromatic N) is 3. The van der Waals surface area contributed by atoms with E-state index in [1.807, 2.05) is 66.2 Å². The molecule has 0 saturated carbocycles. The summed E-state index contributed by atoms with van der Waals surface area (Å²) in [5.74, 6) is 0.401. The largest absolute Gasteiger partial charge is 0.330 e. The maximum absolute atomic E-state index is 13.0. The van der Waals surface area contributed by atoms with Crippen LogP contribution in [-0.2, 0) is 23.9 Å². The Hall–Kier alpha value is -3.15. The number of amides is 3. The number of hydrogen-bond donors (Lipinski definition) is 1. The molecule has 1 fully saturated rings. The van der Waals surface area contributed by atoms with E-state index in [-0.39, 0.29) is 12.5 Å². The number of para-hydroxylation sites is 2. The van der Waals surface area contributed by atoms with Gasteiger partial charge in [-0.15, -0.1) is 0 Å². The molecule has 0 radical (unpaired) electrons. The molecular formula is C19H18N4O2. The number of rotatable bonds is 3. The van der Waals surface area contributed by atoms with Gasteiger partial charge in [0.25, 0.3) is 5.91 Å². The quantitative estimate of drug-likeness (QED) is 0.749. The van der Waals surface area contributed by atoms with Gasteiger partial charge in [-0.1, -0.05) is 42.5 Å². The summed E-state index contributed by atoms with van der Waals surface area (Å²) < 4.78 is 1.91. The number of aromatic nitrogens is 2. The Labute approximate surface area is 145 Å². The van der Waals surface area contributed by atoms with Crippen LogP contribution in [0.2, 0.25) is 0 Å². The summed E-state index contributed by atoms with van der Waals surface area (Å²) >= 11 is 0. The highest BCUT2D eigenvalue weighted by atomic mass is 16.2. The standard InChI is InChI=1S/C19H18N4O2/c1-19(13-8-4-3-5-9-13)17(24)23(18(25)21-19)12-16-20-14-10-6-7-11-15(14)22(16)2/h3-11H,12H2,1-2H3,(H,21,25)/t19-/m0/s1. The number of benzene rings is 2. The van der Waals surface area contributed by atoms with Gasteiger partial charge in [0.15, 0.2) is 0 Å². The van der Waals surface area contributed by atoms with Crippen LogP contribution in [0.3, 0.4) is 0 Å². The van der Waals surface area contributed by atoms with Gasteiger partial charge >= 0.3 is 6.03 Å². The third kappa shape index (κ3) is 2.29. The van der Waals surface area contributed by atoms with Crippen molar-refractivity contribution in [2.75, 3.05) is 0 Å². The predicted octanol–water partition coefficient (Wildman–Crippen LogP) is 2.54. The highest BCUT2D eigenvalue weighted by Crippen LogP contribution is 2.29. The molecule has 3 aromatic rings. The fraction of sp³-hybridized carbons (Fsp3) is 0.211. The monoisotopic (exact) mass is 334 g/mol. The molecule has 25 heavy (non-hydrogen) atoms. The minimum absolute atomic E-state index is 0.137. The number of urea groups is 1. The summed E-state index contributed by atoms with van der Waals surface area (Å²) in [6, 6.07) is 16.6. The number of nitrogens with one attached hydrogen (secondary N) is 1. The zero-order chi connectivity index (χ0) is 17.6. The lowest BCUT2D eigenvalue weighted by Crippen LogP contribution is -2.40. The SMILES string of the molecule is Cn1c(CN2C(=O)N[C@@](C)(c3ccccc3)C2=O)nc2ccccc21. The fourth-order valence-electron chi connectivity index (χ4n) is 3.29. The molecule has 1 saturated heterocycles. The Morgan fingerprint density at radius 1 is 1.04 bits per heavy atom. The van der Waals surface area contributed by atoms with Crippen molar-refractivity contribution in [1.29, 1.82) is 0 Å². The number of fused-ring (bicyclic) bond motifs is 1. The summed E-state index contributed by atoms with van der Waals surface area (Å²) in [7, 11) is 1.89. The summed E-state index contributed by atoms with van der Waals surface area (Å²) in [6.07, 6.45) is 0. The second-order valence-electron chi connectivity index (χ2n) is 6.39. The number of hydrogen-bond acceptors (Lipinski definition) is 3. The van der Waals surface area contributed by atoms with Crippen LogP contribution >= 0.6 is 0 Å². The Bertz CT molecular complexity index is 980. The van der Waals surface area contributed by atoms with Crippen LogP contribution < -0.4 is 5.32 Å². The molecule has 0 aliphatic carbocycles. The van der Waals surface area contributed by atoms with Crippen LogP contribution in [0.15, 0.2) is 54.6 Å². The predicted molar refractivity (Wildman–Crippen MR) is 93.6 cm³/mol. The Morgan fingerprint density at radius 3 is 2.44 bits per heavy atom. The first-order chi connectivity index (χ1) is 12.0. The van der Waals surface area contributed by atoms with E-state index >= 15 is 0 Å². The molecule has 1 atom stereocenters. The normalized spacial score (nSPS) is 20.3. The molecule has 1 aliphatic heterocycles. The van der Waals surface area contributed by atoms with E-state index in [2.05, 4.69) is 10.3 Å². The van der Waals surface area contributed by atoms with Gasteiger partial charge in [0, 0.05) is 7.05 Å². The Kier molecular flexibility index (Phi) is 3.35. The van der Waals surface area contributed by atoms with Gasteiger partial charge in [-0.3, -0.25) is 9.69 Å². The van der Waals surface area contributed by atoms with E-state index in [9.17, 15) is 9.59 Å². The van der Waals surface area contributed by atoms with Crippen LogP contribution in [-0.4, -0.2) is 26.4 Å². The van der Waals surface area contributed by atoms with Gasteiger partial charge in [0.2, 0.25) is 0 Å². The van der Waals surface area contributed by atoms with Gasteiger partial charge in [-0.25, -0.2) is 9.78 Å². The van der Waals surface area contributed by atoms with Crippen molar-refractivity contribution in [2.45, 2.75) is 19.0 Å². The maximum atomic E-state index is 13.0. The highest BCUT2D eigenvalue weighted by molar-refractivity contribution is 6.07. The molecule has 3 amide bonds. The molecule has 2 aromatic carbocycles. The number of aryl methyl sites for hydroxylation is 1. The second-order valence-corrected chi connectivity index (χ2v) is 6.39. The summed E-state index contributed by atoms with van der Waals surface area (Å²) in [4.78, 5) is 31.2. The molecule has 0 spiro atoms. The van der Waals surface area contributed by atoms with Crippen molar-refractivity contribution in [3.05, 3.63) is 66.0 Å². The van der Waals surface area contributed by atoms with Crippen molar-refractivity contribution < 1.29 is 9.59 Å². The van der Waals surface area contributed by atoms with E-state index in [1.165, 1.54) is 4.90 Å². The van der Waals surface area contributed by atoms with E-state index in [4.69, 9.17) is 0 Å². The Balaban J connectivity index is 1.68. The molecule has 6 nitrogen and oxygen atoms in total. The topological polar surface area (TPSA) is 67.2 Å². The van der Waals surface area contributed by atoms with Crippen molar-refractivity contribution >= 4 is 23.0 Å². The molecular weight excluding hydrogens is 316 g/mol. The molecule has 0 bridgehead atoms. The molecule has 2 heterocycles. The van der Waals surface area contributed by atoms with E-state index in [1.54, 1.807) is 6.92 Å². The molecule has 0 unspecified atom stereocenters. The lowest BCUT2D eigenvalue weighted by molar-refractivity contribution is -0.131. The number of imidazole rings is 1. The molecule has 1 N–H and O–H groups in total.